The van der Waals surface area contributed by atoms with Gasteiger partial charge in [-0.2, -0.15) is 0 Å². The van der Waals surface area contributed by atoms with Gasteiger partial charge in [0, 0.05) is 9.50 Å². The molecule has 0 aliphatic rings. The van der Waals surface area contributed by atoms with E-state index in [1.165, 1.54) is 0 Å². The van der Waals surface area contributed by atoms with Crippen molar-refractivity contribution >= 4 is 43.5 Å². The summed E-state index contributed by atoms with van der Waals surface area (Å²) in [5.41, 5.74) is 2.17. The fourth-order valence-corrected chi connectivity index (χ4v) is 3.89. The van der Waals surface area contributed by atoms with Crippen molar-refractivity contribution in [2.45, 2.75) is 11.8 Å². The van der Waals surface area contributed by atoms with E-state index in [9.17, 15) is 0 Å². The van der Waals surface area contributed by atoms with Crippen LogP contribution in [0.15, 0.2) is 46.9 Å². The smallest absolute Gasteiger partial charge is 0.120 e. The van der Waals surface area contributed by atoms with E-state index in [0.717, 1.165) is 26.4 Å². The van der Waals surface area contributed by atoms with Crippen molar-refractivity contribution in [3.8, 4) is 5.75 Å². The predicted octanol–water partition coefficient (Wildman–Crippen LogP) is 5.99. The van der Waals surface area contributed by atoms with Crippen LogP contribution < -0.4 is 4.74 Å². The van der Waals surface area contributed by atoms with E-state index in [2.05, 4.69) is 31.9 Å². The van der Waals surface area contributed by atoms with Gasteiger partial charge in [-0.25, -0.2) is 0 Å². The van der Waals surface area contributed by atoms with Crippen molar-refractivity contribution in [1.82, 2.24) is 0 Å². The number of hydrogen-bond acceptors (Lipinski definition) is 1. The predicted molar refractivity (Wildman–Crippen MR) is 87.5 cm³/mol. The molecule has 0 aliphatic heterocycles. The van der Waals surface area contributed by atoms with E-state index in [0.29, 0.717) is 6.61 Å². The zero-order valence-electron chi connectivity index (χ0n) is 10.4. The molecule has 0 amide bonds. The summed E-state index contributed by atoms with van der Waals surface area (Å²) in [6.45, 7) is 2.63. The number of rotatable bonds is 4. The summed E-state index contributed by atoms with van der Waals surface area (Å²) >= 11 is 13.5. The molecular weight excluding hydrogens is 391 g/mol. The topological polar surface area (TPSA) is 9.23 Å². The first-order valence-electron chi connectivity index (χ1n) is 5.94. The molecule has 0 saturated carbocycles. The van der Waals surface area contributed by atoms with Gasteiger partial charge < -0.3 is 4.74 Å². The van der Waals surface area contributed by atoms with Gasteiger partial charge in [-0.15, -0.1) is 0 Å². The summed E-state index contributed by atoms with van der Waals surface area (Å²) in [6, 6.07) is 13.8. The molecule has 1 atom stereocenters. The Hall–Kier alpha value is -0.510. The summed E-state index contributed by atoms with van der Waals surface area (Å²) in [6.07, 6.45) is 0. The first-order chi connectivity index (χ1) is 9.13. The third kappa shape index (κ3) is 3.53. The van der Waals surface area contributed by atoms with Crippen LogP contribution in [-0.4, -0.2) is 6.61 Å². The highest BCUT2D eigenvalue weighted by atomic mass is 79.9. The highest BCUT2D eigenvalue weighted by Gasteiger charge is 2.16. The van der Waals surface area contributed by atoms with Crippen LogP contribution in [0.5, 0.6) is 5.75 Å². The second-order valence-corrected chi connectivity index (χ2v) is 6.18. The monoisotopic (exact) mass is 402 g/mol. The van der Waals surface area contributed by atoms with E-state index in [1.54, 1.807) is 0 Å². The molecule has 0 aromatic heterocycles. The van der Waals surface area contributed by atoms with Crippen LogP contribution in [0.1, 0.15) is 22.9 Å². The maximum atomic E-state index is 6.23. The van der Waals surface area contributed by atoms with Gasteiger partial charge in [0.2, 0.25) is 0 Å². The average Bonchev–Trinajstić information content (AvgIpc) is 2.39. The summed E-state index contributed by atoms with van der Waals surface area (Å²) in [5.74, 6) is 0.858. The molecule has 2 aromatic carbocycles. The molecular formula is C15H13Br2ClO. The van der Waals surface area contributed by atoms with Crippen molar-refractivity contribution in [3.63, 3.8) is 0 Å². The number of hydrogen-bond donors (Lipinski definition) is 0. The second-order valence-electron chi connectivity index (χ2n) is 4.00. The fourth-order valence-electron chi connectivity index (χ4n) is 1.82. The molecule has 0 bridgehead atoms. The van der Waals surface area contributed by atoms with Crippen LogP contribution in [0.4, 0.5) is 0 Å². The van der Waals surface area contributed by atoms with Crippen LogP contribution >= 0.6 is 43.5 Å². The molecule has 0 spiro atoms. The molecule has 19 heavy (non-hydrogen) atoms. The van der Waals surface area contributed by atoms with Crippen molar-refractivity contribution in [3.05, 3.63) is 63.1 Å². The standard InChI is InChI=1S/C15H13Br2ClO/c1-2-19-10-7-8-11(13(16)9-10)15(17)12-5-3-4-6-14(12)18/h3-9,15H,2H2,1H3. The van der Waals surface area contributed by atoms with Crippen LogP contribution in [0.2, 0.25) is 5.02 Å². The van der Waals surface area contributed by atoms with Crippen molar-refractivity contribution in [1.29, 1.82) is 0 Å². The SMILES string of the molecule is CCOc1ccc(C(Br)c2ccccc2Cl)c(Br)c1. The lowest BCUT2D eigenvalue weighted by Gasteiger charge is -2.15. The van der Waals surface area contributed by atoms with Gasteiger partial charge in [0.15, 0.2) is 0 Å². The molecule has 1 unspecified atom stereocenters. The minimum Gasteiger partial charge on any atom is -0.494 e. The van der Waals surface area contributed by atoms with Gasteiger partial charge >= 0.3 is 0 Å². The van der Waals surface area contributed by atoms with E-state index in [1.807, 2.05) is 49.4 Å². The Bertz CT molecular complexity index is 572. The van der Waals surface area contributed by atoms with E-state index < -0.39 is 0 Å². The number of halogens is 3. The maximum Gasteiger partial charge on any atom is 0.120 e. The highest BCUT2D eigenvalue weighted by Crippen LogP contribution is 2.39. The Kier molecular flexibility index (Phi) is 5.31. The third-order valence-electron chi connectivity index (χ3n) is 2.73. The van der Waals surface area contributed by atoms with Crippen molar-refractivity contribution in [2.75, 3.05) is 6.61 Å². The lowest BCUT2D eigenvalue weighted by atomic mass is 10.0. The van der Waals surface area contributed by atoms with Crippen LogP contribution in [0.25, 0.3) is 0 Å². The Morgan fingerprint density at radius 3 is 2.53 bits per heavy atom. The fraction of sp³-hybridized carbons (Fsp3) is 0.200. The minimum atomic E-state index is 0.0475. The number of alkyl halides is 1. The highest BCUT2D eigenvalue weighted by molar-refractivity contribution is 9.11. The zero-order valence-corrected chi connectivity index (χ0v) is 14.3. The average molecular weight is 405 g/mol. The molecule has 0 radical (unpaired) electrons. The first kappa shape index (κ1) is 14.9. The Balaban J connectivity index is 2.34. The second kappa shape index (κ2) is 6.78. The van der Waals surface area contributed by atoms with E-state index >= 15 is 0 Å². The number of benzene rings is 2. The molecule has 4 heteroatoms. The van der Waals surface area contributed by atoms with E-state index in [-0.39, 0.29) is 4.83 Å². The largest absolute Gasteiger partial charge is 0.494 e. The normalized spacial score (nSPS) is 12.2. The molecule has 0 N–H and O–H groups in total. The Morgan fingerprint density at radius 1 is 1.16 bits per heavy atom. The minimum absolute atomic E-state index is 0.0475. The summed E-state index contributed by atoms with van der Waals surface area (Å²) in [4.78, 5) is 0.0475. The molecule has 0 aliphatic carbocycles. The molecule has 0 saturated heterocycles. The Morgan fingerprint density at radius 2 is 1.89 bits per heavy atom. The van der Waals surface area contributed by atoms with Gasteiger partial charge in [0.05, 0.1) is 11.4 Å². The lowest BCUT2D eigenvalue weighted by Crippen LogP contribution is -1.97. The summed E-state index contributed by atoms with van der Waals surface area (Å²) < 4.78 is 6.48. The van der Waals surface area contributed by atoms with Gasteiger partial charge in [0.1, 0.15) is 5.75 Å². The number of ether oxygens (including phenoxy) is 1. The Labute approximate surface area is 135 Å². The van der Waals surface area contributed by atoms with Crippen molar-refractivity contribution in [2.24, 2.45) is 0 Å². The molecule has 2 rings (SSSR count). The molecule has 100 valence electrons. The summed E-state index contributed by atoms with van der Waals surface area (Å²) in [5, 5.41) is 0.755. The maximum absolute atomic E-state index is 6.23. The van der Waals surface area contributed by atoms with Gasteiger partial charge in [-0.3, -0.25) is 0 Å². The van der Waals surface area contributed by atoms with E-state index in [4.69, 9.17) is 16.3 Å². The quantitative estimate of drug-likeness (QED) is 0.569. The summed E-state index contributed by atoms with van der Waals surface area (Å²) in [7, 11) is 0. The van der Waals surface area contributed by atoms with Crippen LogP contribution in [0.3, 0.4) is 0 Å². The lowest BCUT2D eigenvalue weighted by molar-refractivity contribution is 0.340. The first-order valence-corrected chi connectivity index (χ1v) is 8.03. The molecule has 0 fully saturated rings. The molecule has 1 nitrogen and oxygen atoms in total. The zero-order chi connectivity index (χ0) is 13.8. The van der Waals surface area contributed by atoms with Crippen molar-refractivity contribution < 1.29 is 4.74 Å². The van der Waals surface area contributed by atoms with Gasteiger partial charge in [-0.05, 0) is 36.2 Å². The molecule has 2 aromatic rings. The van der Waals surface area contributed by atoms with Gasteiger partial charge in [0.25, 0.3) is 0 Å². The van der Waals surface area contributed by atoms with Crippen LogP contribution in [0, 0.1) is 0 Å². The molecule has 0 heterocycles. The van der Waals surface area contributed by atoms with Crippen LogP contribution in [-0.2, 0) is 0 Å². The third-order valence-corrected chi connectivity index (χ3v) is 4.75. The van der Waals surface area contributed by atoms with Gasteiger partial charge in [-0.1, -0.05) is 67.7 Å².